The average Bonchev–Trinajstić information content (AvgIpc) is 0.722. The predicted molar refractivity (Wildman–Crippen MR) is 17.0 cm³/mol. The van der Waals surface area contributed by atoms with Crippen LogP contribution < -0.4 is 14.7 Å². The van der Waals surface area contributed by atoms with E-state index in [4.69, 9.17) is 19.2 Å². The first-order valence-corrected chi connectivity index (χ1v) is 2.19. The van der Waals surface area contributed by atoms with Gasteiger partial charge >= 0.3 is 37.7 Å². The zero-order valence-corrected chi connectivity index (χ0v) is 6.39. The van der Waals surface area contributed by atoms with Crippen molar-refractivity contribution in [1.29, 1.82) is 0 Å². The largest absolute Gasteiger partial charge is 2.00 e. The summed E-state index contributed by atoms with van der Waals surface area (Å²) in [5.41, 5.74) is 0. The fourth-order valence-electron chi connectivity index (χ4n) is 0. The molecule has 0 aromatic carbocycles. The summed E-state index contributed by atoms with van der Waals surface area (Å²) in [4.78, 5) is 25.6. The van der Waals surface area contributed by atoms with Gasteiger partial charge in [0.1, 0.15) is 0 Å². The monoisotopic (exact) mass is 153 g/mol. The summed E-state index contributed by atoms with van der Waals surface area (Å²) in [6.45, 7) is 0. The molecular weight excluding hydrogens is 151 g/mol. The van der Waals surface area contributed by atoms with Gasteiger partial charge in [-0.1, -0.05) is 0 Å². The molecule has 2 N–H and O–H groups in total. The molecule has 0 saturated carbocycles. The van der Waals surface area contributed by atoms with E-state index in [0.29, 0.717) is 0 Å². The van der Waals surface area contributed by atoms with Crippen LogP contribution in [-0.4, -0.2) is 43.2 Å². The molecule has 0 amide bonds. The van der Waals surface area contributed by atoms with Crippen molar-refractivity contribution in [3.05, 3.63) is 0 Å². The third-order valence-corrected chi connectivity index (χ3v) is 0. The minimum absolute atomic E-state index is 0. The molecule has 0 fully saturated rings. The maximum atomic E-state index is 8.55. The van der Waals surface area contributed by atoms with E-state index in [9.17, 15) is 0 Å². The van der Waals surface area contributed by atoms with Crippen molar-refractivity contribution in [3.63, 3.8) is 0 Å². The minimum atomic E-state index is -5.39. The molecule has 0 aliphatic rings. The van der Waals surface area contributed by atoms with Crippen LogP contribution in [0, 0.1) is 0 Å². The fourth-order valence-corrected chi connectivity index (χ4v) is 0. The molecule has 5 nitrogen and oxygen atoms in total. The standard InChI is InChI=1S/Ca.H3O4P.H2O/c;1-5(2,3)4;/h;(H3,1,2,3,4);1H2/q+2;;/p-3. The zero-order chi connectivity index (χ0) is 4.50. The van der Waals surface area contributed by atoms with E-state index >= 15 is 0 Å². The Labute approximate surface area is 69.9 Å². The van der Waals surface area contributed by atoms with Crippen LogP contribution in [0.25, 0.3) is 0 Å². The molecule has 7 heteroatoms. The SMILES string of the molecule is O.O=P([O-])([O-])[O-].[Ca+2]. The number of rotatable bonds is 0. The van der Waals surface area contributed by atoms with Gasteiger partial charge in [-0.05, 0) is 0 Å². The molecule has 7 heavy (non-hydrogen) atoms. The van der Waals surface area contributed by atoms with Gasteiger partial charge in [-0.3, -0.25) is 0 Å². The third kappa shape index (κ3) is 118. The third-order valence-electron chi connectivity index (χ3n) is 0. The molecule has 0 unspecified atom stereocenters. The summed E-state index contributed by atoms with van der Waals surface area (Å²) in [6.07, 6.45) is 0. The number of phosphoric acid groups is 1. The first-order chi connectivity index (χ1) is 2.00. The van der Waals surface area contributed by atoms with E-state index in [1.807, 2.05) is 0 Å². The Morgan fingerprint density at radius 3 is 1.14 bits per heavy atom. The molecule has 0 bridgehead atoms. The van der Waals surface area contributed by atoms with Gasteiger partial charge in [0.2, 0.25) is 0 Å². The van der Waals surface area contributed by atoms with E-state index in [0.717, 1.165) is 0 Å². The quantitative estimate of drug-likeness (QED) is 0.260. The van der Waals surface area contributed by atoms with Crippen LogP contribution in [0.3, 0.4) is 0 Å². The summed E-state index contributed by atoms with van der Waals surface area (Å²) in [7, 11) is -5.39. The van der Waals surface area contributed by atoms with Crippen LogP contribution in [0.5, 0.6) is 0 Å². The second kappa shape index (κ2) is 5.47. The Morgan fingerprint density at radius 2 is 1.14 bits per heavy atom. The fraction of sp³-hybridized carbons (Fsp3) is 0. The molecule has 0 rings (SSSR count). The van der Waals surface area contributed by atoms with Crippen molar-refractivity contribution < 1.29 is 24.7 Å². The molecule has 0 aliphatic heterocycles. The second-order valence-electron chi connectivity index (χ2n) is 0.447. The molecule has 0 spiro atoms. The Morgan fingerprint density at radius 1 is 1.14 bits per heavy atom. The van der Waals surface area contributed by atoms with Gasteiger partial charge in [-0.25, -0.2) is 0 Å². The van der Waals surface area contributed by atoms with Crippen molar-refractivity contribution in [2.24, 2.45) is 0 Å². The minimum Gasteiger partial charge on any atom is -0.822 e. The topological polar surface area (TPSA) is 118 Å². The number of hydrogen-bond donors (Lipinski definition) is 0. The molecule has 40 valence electrons. The van der Waals surface area contributed by atoms with Gasteiger partial charge in [0.15, 0.2) is 0 Å². The smallest absolute Gasteiger partial charge is 0.822 e. The van der Waals surface area contributed by atoms with E-state index in [2.05, 4.69) is 0 Å². The van der Waals surface area contributed by atoms with Gasteiger partial charge in [-0.15, -0.1) is 0 Å². The van der Waals surface area contributed by atoms with Gasteiger partial charge in [0, 0.05) is 0 Å². The first kappa shape index (κ1) is 15.8. The van der Waals surface area contributed by atoms with Gasteiger partial charge < -0.3 is 24.7 Å². The Hall–Kier alpha value is 1.33. The van der Waals surface area contributed by atoms with Crippen LogP contribution in [0.15, 0.2) is 0 Å². The average molecular weight is 153 g/mol. The molecule has 0 radical (unpaired) electrons. The molecule has 0 atom stereocenters. The van der Waals surface area contributed by atoms with Gasteiger partial charge in [0.05, 0.1) is 0 Å². The van der Waals surface area contributed by atoms with Crippen molar-refractivity contribution in [2.75, 3.05) is 0 Å². The van der Waals surface area contributed by atoms with E-state index in [1.165, 1.54) is 0 Å². The van der Waals surface area contributed by atoms with Crippen LogP contribution in [0.2, 0.25) is 0 Å². The molecule has 0 saturated heterocycles. The molecule has 0 heterocycles. The van der Waals surface area contributed by atoms with E-state index in [1.54, 1.807) is 0 Å². The number of hydrogen-bond acceptors (Lipinski definition) is 4. The second-order valence-corrected chi connectivity index (χ2v) is 1.34. The molecule has 0 aromatic heterocycles. The van der Waals surface area contributed by atoms with Crippen molar-refractivity contribution in [1.82, 2.24) is 0 Å². The van der Waals surface area contributed by atoms with Crippen LogP contribution >= 0.6 is 7.82 Å². The normalized spacial score (nSPS) is 8.43. The maximum Gasteiger partial charge on any atom is 2.00 e. The molecular formula is H2CaO5P-. The Bertz CT molecular complexity index is 54.2. The van der Waals surface area contributed by atoms with E-state index < -0.39 is 7.82 Å². The van der Waals surface area contributed by atoms with Gasteiger partial charge in [0.25, 0.3) is 0 Å². The van der Waals surface area contributed by atoms with Crippen molar-refractivity contribution in [3.8, 4) is 0 Å². The Kier molecular flexibility index (Phi) is 12.3. The molecule has 0 aromatic rings. The summed E-state index contributed by atoms with van der Waals surface area (Å²) < 4.78 is 8.55. The summed E-state index contributed by atoms with van der Waals surface area (Å²) in [5, 5.41) is 0. The van der Waals surface area contributed by atoms with E-state index in [-0.39, 0.29) is 43.2 Å². The predicted octanol–water partition coefficient (Wildman–Crippen LogP) is -4.03. The maximum absolute atomic E-state index is 8.55. The van der Waals surface area contributed by atoms with Crippen molar-refractivity contribution >= 4 is 45.6 Å². The van der Waals surface area contributed by atoms with Crippen LogP contribution in [-0.2, 0) is 4.57 Å². The summed E-state index contributed by atoms with van der Waals surface area (Å²) in [6, 6.07) is 0. The molecule has 0 aliphatic carbocycles. The Balaban J connectivity index is -0.0000000800. The first-order valence-electron chi connectivity index (χ1n) is 0.730. The van der Waals surface area contributed by atoms with Crippen LogP contribution in [0.4, 0.5) is 0 Å². The summed E-state index contributed by atoms with van der Waals surface area (Å²) in [5.74, 6) is 0. The van der Waals surface area contributed by atoms with Crippen molar-refractivity contribution in [2.45, 2.75) is 0 Å². The van der Waals surface area contributed by atoms with Gasteiger partial charge in [-0.2, -0.15) is 7.82 Å². The summed E-state index contributed by atoms with van der Waals surface area (Å²) >= 11 is 0. The van der Waals surface area contributed by atoms with Crippen LogP contribution in [0.1, 0.15) is 0 Å². The zero-order valence-electron chi connectivity index (χ0n) is 3.29.